The van der Waals surface area contributed by atoms with Gasteiger partial charge in [-0.1, -0.05) is 24.3 Å². The first-order valence-corrected chi connectivity index (χ1v) is 14.0. The van der Waals surface area contributed by atoms with E-state index in [1.54, 1.807) is 33.8 Å². The van der Waals surface area contributed by atoms with Crippen LogP contribution in [0.1, 0.15) is 50.6 Å². The van der Waals surface area contributed by atoms with E-state index in [1.165, 1.54) is 21.9 Å². The molecule has 0 radical (unpaired) electrons. The summed E-state index contributed by atoms with van der Waals surface area (Å²) in [5.41, 5.74) is 1.74. The number of carbonyl (C=O) groups is 1. The zero-order valence-corrected chi connectivity index (χ0v) is 24.3. The molecule has 2 aliphatic heterocycles. The largest absolute Gasteiger partial charge is 0.573 e. The molecule has 2 atom stereocenters. The first kappa shape index (κ1) is 30.9. The van der Waals surface area contributed by atoms with Gasteiger partial charge in [0.05, 0.1) is 18.6 Å². The number of rotatable bonds is 7. The first-order valence-electron chi connectivity index (χ1n) is 14.0. The Bertz CT molecular complexity index is 1480. The number of ether oxygens (including phenoxy) is 2. The van der Waals surface area contributed by atoms with Gasteiger partial charge in [-0.15, -0.1) is 13.2 Å². The lowest BCUT2D eigenvalue weighted by Gasteiger charge is -2.43. The van der Waals surface area contributed by atoms with Crippen LogP contribution in [-0.2, 0) is 11.2 Å². The minimum atomic E-state index is -5.05. The fraction of sp³-hybridized carbons (Fsp3) is 0.500. The van der Waals surface area contributed by atoms with Gasteiger partial charge in [0, 0.05) is 53.0 Å². The Morgan fingerprint density at radius 1 is 1.09 bits per heavy atom. The van der Waals surface area contributed by atoms with Crippen LogP contribution in [0.3, 0.4) is 0 Å². The minimum Gasteiger partial charge on any atom is -0.444 e. The van der Waals surface area contributed by atoms with Gasteiger partial charge in [-0.25, -0.2) is 13.6 Å². The van der Waals surface area contributed by atoms with E-state index >= 15 is 0 Å². The van der Waals surface area contributed by atoms with E-state index in [1.807, 2.05) is 24.3 Å². The van der Waals surface area contributed by atoms with Crippen molar-refractivity contribution in [3.8, 4) is 5.75 Å². The van der Waals surface area contributed by atoms with Crippen LogP contribution < -0.4 is 10.1 Å². The molecule has 1 saturated heterocycles. The number of aliphatic hydroxyl groups excluding tert-OH is 1. The van der Waals surface area contributed by atoms with Crippen LogP contribution in [0.2, 0.25) is 0 Å². The maximum Gasteiger partial charge on any atom is 0.573 e. The first-order chi connectivity index (χ1) is 20.0. The molecule has 13 heteroatoms. The Morgan fingerprint density at radius 3 is 2.44 bits per heavy atom. The molecule has 1 fully saturated rings. The van der Waals surface area contributed by atoms with Gasteiger partial charge >= 0.3 is 12.5 Å². The average molecular weight is 611 g/mol. The quantitative estimate of drug-likeness (QED) is 0.282. The molecule has 0 aliphatic carbocycles. The Balaban J connectivity index is 1.50. The van der Waals surface area contributed by atoms with Crippen LogP contribution in [0.25, 0.3) is 10.9 Å². The van der Waals surface area contributed by atoms with Gasteiger partial charge in [-0.2, -0.15) is 0 Å². The summed E-state index contributed by atoms with van der Waals surface area (Å²) in [5, 5.41) is 13.3. The van der Waals surface area contributed by atoms with Crippen molar-refractivity contribution < 1.29 is 41.3 Å². The third-order valence-electron chi connectivity index (χ3n) is 7.60. The van der Waals surface area contributed by atoms with Crippen LogP contribution in [0.15, 0.2) is 42.5 Å². The molecule has 1 amide bonds. The van der Waals surface area contributed by atoms with Crippen molar-refractivity contribution in [3.63, 3.8) is 0 Å². The Labute approximate surface area is 245 Å². The van der Waals surface area contributed by atoms with E-state index in [4.69, 9.17) is 4.74 Å². The number of amides is 1. The monoisotopic (exact) mass is 610 g/mol. The van der Waals surface area contributed by atoms with E-state index in [0.29, 0.717) is 17.8 Å². The molecule has 2 aromatic carbocycles. The van der Waals surface area contributed by atoms with Crippen molar-refractivity contribution in [1.82, 2.24) is 14.8 Å². The van der Waals surface area contributed by atoms with Crippen LogP contribution in [-0.4, -0.2) is 82.2 Å². The second kappa shape index (κ2) is 11.2. The normalized spacial score (nSPS) is 20.1. The molecule has 43 heavy (non-hydrogen) atoms. The maximum atomic E-state index is 14.6. The number of hydrogen-bond donors (Lipinski definition) is 3. The number of aromatic amines is 1. The highest BCUT2D eigenvalue weighted by Gasteiger charge is 2.44. The Hall–Kier alpha value is -3.58. The second-order valence-corrected chi connectivity index (χ2v) is 12.2. The highest BCUT2D eigenvalue weighted by atomic mass is 19.4. The summed E-state index contributed by atoms with van der Waals surface area (Å²) in [5.74, 6) is -4.03. The van der Waals surface area contributed by atoms with Crippen LogP contribution in [0, 0.1) is 0 Å². The number of para-hydroxylation sites is 1. The molecular formula is C30H35F5N4O4. The second-order valence-electron chi connectivity index (χ2n) is 12.2. The molecule has 0 saturated carbocycles. The van der Waals surface area contributed by atoms with Crippen molar-refractivity contribution in [2.75, 3.05) is 31.6 Å². The number of nitrogens with one attached hydrogen (secondary N) is 2. The van der Waals surface area contributed by atoms with Gasteiger partial charge < -0.3 is 29.8 Å². The standard InChI is InChI=1S/C30H35F5N4O4/c1-17-11-22-20-7-5-6-8-23(20)37-25(22)26(39(17)15-29(31,32)16-40)21-10-9-18(12-24(21)42-30(33,34)35)36-19-13-38(14-19)27(41)43-28(2,3)4/h5-10,12,17,19,26,36-37,40H,11,13-16H2,1-4H3/t17-,26-/m1/s1. The van der Waals surface area contributed by atoms with E-state index in [9.17, 15) is 31.9 Å². The summed E-state index contributed by atoms with van der Waals surface area (Å²) in [6.07, 6.45) is -5.16. The molecular weight excluding hydrogens is 575 g/mol. The third kappa shape index (κ3) is 6.82. The van der Waals surface area contributed by atoms with Gasteiger partial charge in [0.2, 0.25) is 0 Å². The summed E-state index contributed by atoms with van der Waals surface area (Å²) in [4.78, 5) is 18.4. The number of likely N-dealkylation sites (tertiary alicyclic amines) is 1. The van der Waals surface area contributed by atoms with Gasteiger partial charge in [-0.3, -0.25) is 4.90 Å². The number of H-pyrrole nitrogens is 1. The van der Waals surface area contributed by atoms with Crippen LogP contribution >= 0.6 is 0 Å². The van der Waals surface area contributed by atoms with Gasteiger partial charge in [-0.05, 0) is 51.8 Å². The fourth-order valence-corrected chi connectivity index (χ4v) is 5.75. The molecule has 0 unspecified atom stereocenters. The molecule has 1 aromatic heterocycles. The number of aromatic nitrogens is 1. The Morgan fingerprint density at radius 2 is 1.79 bits per heavy atom. The number of nitrogens with zero attached hydrogens (tertiary/aromatic N) is 2. The number of hydrogen-bond acceptors (Lipinski definition) is 6. The molecule has 0 spiro atoms. The summed E-state index contributed by atoms with van der Waals surface area (Å²) >= 11 is 0. The number of fused-ring (bicyclic) bond motifs is 3. The molecule has 3 aromatic rings. The summed E-state index contributed by atoms with van der Waals surface area (Å²) in [6.45, 7) is 5.28. The van der Waals surface area contributed by atoms with E-state index in [2.05, 4.69) is 15.0 Å². The highest BCUT2D eigenvalue weighted by molar-refractivity contribution is 5.85. The minimum absolute atomic E-state index is 0.0416. The summed E-state index contributed by atoms with van der Waals surface area (Å²) in [6, 6.07) is 9.76. The van der Waals surface area contributed by atoms with Crippen molar-refractivity contribution >= 4 is 22.7 Å². The predicted octanol–water partition coefficient (Wildman–Crippen LogP) is 6.06. The smallest absolute Gasteiger partial charge is 0.444 e. The number of benzene rings is 2. The topological polar surface area (TPSA) is 90.1 Å². The lowest BCUT2D eigenvalue weighted by Crippen LogP contribution is -2.57. The fourth-order valence-electron chi connectivity index (χ4n) is 5.75. The average Bonchev–Trinajstić information content (AvgIpc) is 3.23. The van der Waals surface area contributed by atoms with E-state index in [-0.39, 0.29) is 24.7 Å². The van der Waals surface area contributed by atoms with Crippen molar-refractivity contribution in [2.24, 2.45) is 0 Å². The summed E-state index contributed by atoms with van der Waals surface area (Å²) in [7, 11) is 0. The SMILES string of the molecule is C[C@@H]1Cc2c([nH]c3ccccc23)[C@@H](c2ccc(NC3CN(C(=O)OC(C)(C)C)C3)cc2OC(F)(F)F)N1CC(F)(F)CO. The molecule has 234 valence electrons. The Kier molecular flexibility index (Phi) is 8.01. The van der Waals surface area contributed by atoms with Crippen molar-refractivity contribution in [1.29, 1.82) is 0 Å². The van der Waals surface area contributed by atoms with Gasteiger partial charge in [0.1, 0.15) is 18.0 Å². The summed E-state index contributed by atoms with van der Waals surface area (Å²) < 4.78 is 80.3. The van der Waals surface area contributed by atoms with Gasteiger partial charge in [0.25, 0.3) is 5.92 Å². The van der Waals surface area contributed by atoms with Crippen LogP contribution in [0.5, 0.6) is 5.75 Å². The molecule has 5 rings (SSSR count). The van der Waals surface area contributed by atoms with Crippen molar-refractivity contribution in [3.05, 3.63) is 59.3 Å². The maximum absolute atomic E-state index is 14.6. The third-order valence-corrected chi connectivity index (χ3v) is 7.60. The zero-order valence-electron chi connectivity index (χ0n) is 24.3. The highest BCUT2D eigenvalue weighted by Crippen LogP contribution is 2.46. The zero-order chi connectivity index (χ0) is 31.3. The number of halogens is 5. The molecule has 3 N–H and O–H groups in total. The molecule has 3 heterocycles. The lowest BCUT2D eigenvalue weighted by atomic mass is 9.87. The lowest BCUT2D eigenvalue weighted by molar-refractivity contribution is -0.275. The number of alkyl halides is 5. The van der Waals surface area contributed by atoms with E-state index in [0.717, 1.165) is 16.5 Å². The molecule has 8 nitrogen and oxygen atoms in total. The number of carbonyl (C=O) groups excluding carboxylic acids is 1. The van der Waals surface area contributed by atoms with E-state index < -0.39 is 55.0 Å². The molecule has 2 aliphatic rings. The number of aliphatic hydroxyl groups is 1. The number of anilines is 1. The van der Waals surface area contributed by atoms with Crippen LogP contribution in [0.4, 0.5) is 32.4 Å². The predicted molar refractivity (Wildman–Crippen MR) is 150 cm³/mol. The van der Waals surface area contributed by atoms with Crippen molar-refractivity contribution in [2.45, 2.75) is 70.1 Å². The molecule has 0 bridgehead atoms. The van der Waals surface area contributed by atoms with Gasteiger partial charge in [0.15, 0.2) is 0 Å².